The predicted molar refractivity (Wildman–Crippen MR) is 88.1 cm³/mol. The molecule has 0 saturated heterocycles. The number of nitrogens with zero attached hydrogens (tertiary/aromatic N) is 1. The molecule has 0 saturated carbocycles. The van der Waals surface area contributed by atoms with E-state index in [0.29, 0.717) is 0 Å². The van der Waals surface area contributed by atoms with Crippen molar-refractivity contribution in [2.24, 2.45) is 0 Å². The Labute approximate surface area is 128 Å². The van der Waals surface area contributed by atoms with E-state index < -0.39 is 0 Å². The third-order valence-electron chi connectivity index (χ3n) is 3.83. The van der Waals surface area contributed by atoms with Crippen molar-refractivity contribution in [1.29, 1.82) is 0 Å². The van der Waals surface area contributed by atoms with Crippen LogP contribution in [0.5, 0.6) is 0 Å². The van der Waals surface area contributed by atoms with Crippen LogP contribution in [-0.2, 0) is 13.0 Å². The second kappa shape index (κ2) is 6.42. The highest BCUT2D eigenvalue weighted by Crippen LogP contribution is 2.21. The van der Waals surface area contributed by atoms with Gasteiger partial charge in [0.15, 0.2) is 0 Å². The molecule has 0 spiro atoms. The highest BCUT2D eigenvalue weighted by Gasteiger charge is 2.14. The normalized spacial score (nSPS) is 14.8. The van der Waals surface area contributed by atoms with Crippen molar-refractivity contribution < 1.29 is 0 Å². The minimum absolute atomic E-state index is 0.977. The lowest BCUT2D eigenvalue weighted by atomic mass is 10.00. The van der Waals surface area contributed by atoms with Gasteiger partial charge in [-0.15, -0.1) is 0 Å². The van der Waals surface area contributed by atoms with Crippen LogP contribution in [-0.4, -0.2) is 24.5 Å². The van der Waals surface area contributed by atoms with Gasteiger partial charge in [-0.2, -0.15) is 0 Å². The van der Waals surface area contributed by atoms with E-state index >= 15 is 0 Å². The SMILES string of the molecule is Brc1ccccc1NCCN1CCc2ccccc2C1. The lowest BCUT2D eigenvalue weighted by Crippen LogP contribution is -2.34. The number of halogens is 1. The van der Waals surface area contributed by atoms with Crippen molar-refractivity contribution in [3.8, 4) is 0 Å². The number of hydrogen-bond acceptors (Lipinski definition) is 2. The smallest absolute Gasteiger partial charge is 0.0485 e. The first-order chi connectivity index (χ1) is 9.83. The molecular formula is C17H19BrN2. The van der Waals surface area contributed by atoms with Crippen LogP contribution in [0.4, 0.5) is 5.69 Å². The van der Waals surface area contributed by atoms with Gasteiger partial charge in [-0.25, -0.2) is 0 Å². The zero-order valence-corrected chi connectivity index (χ0v) is 13.1. The summed E-state index contributed by atoms with van der Waals surface area (Å²) in [5, 5.41) is 3.50. The van der Waals surface area contributed by atoms with Crippen molar-refractivity contribution in [2.45, 2.75) is 13.0 Å². The van der Waals surface area contributed by atoms with Crippen LogP contribution in [0.1, 0.15) is 11.1 Å². The summed E-state index contributed by atoms with van der Waals surface area (Å²) >= 11 is 3.57. The molecular weight excluding hydrogens is 312 g/mol. The van der Waals surface area contributed by atoms with Gasteiger partial charge in [-0.3, -0.25) is 4.90 Å². The molecule has 20 heavy (non-hydrogen) atoms. The molecule has 1 heterocycles. The molecule has 104 valence electrons. The Bertz CT molecular complexity index is 583. The van der Waals surface area contributed by atoms with Gasteiger partial charge in [0.05, 0.1) is 0 Å². The molecule has 1 aliphatic rings. The van der Waals surface area contributed by atoms with E-state index in [1.807, 2.05) is 6.07 Å². The van der Waals surface area contributed by atoms with Crippen molar-refractivity contribution in [3.05, 3.63) is 64.1 Å². The molecule has 0 aliphatic carbocycles. The van der Waals surface area contributed by atoms with Crippen molar-refractivity contribution in [2.75, 3.05) is 25.0 Å². The summed E-state index contributed by atoms with van der Waals surface area (Å²) < 4.78 is 1.13. The third kappa shape index (κ3) is 3.22. The first-order valence-corrected chi connectivity index (χ1v) is 7.90. The topological polar surface area (TPSA) is 15.3 Å². The maximum absolute atomic E-state index is 3.57. The summed E-state index contributed by atoms with van der Waals surface area (Å²) in [4.78, 5) is 2.52. The van der Waals surface area contributed by atoms with E-state index in [9.17, 15) is 0 Å². The van der Waals surface area contributed by atoms with Gasteiger partial charge in [-0.05, 0) is 45.6 Å². The maximum atomic E-state index is 3.57. The van der Waals surface area contributed by atoms with Gasteiger partial charge in [-0.1, -0.05) is 36.4 Å². The van der Waals surface area contributed by atoms with Gasteiger partial charge in [0, 0.05) is 36.3 Å². The predicted octanol–water partition coefficient (Wildman–Crippen LogP) is 3.92. The molecule has 0 bridgehead atoms. The minimum Gasteiger partial charge on any atom is -0.383 e. The van der Waals surface area contributed by atoms with Crippen LogP contribution in [0, 0.1) is 0 Å². The number of para-hydroxylation sites is 1. The number of benzene rings is 2. The molecule has 0 unspecified atom stereocenters. The Morgan fingerprint density at radius 1 is 1.00 bits per heavy atom. The van der Waals surface area contributed by atoms with E-state index in [1.54, 1.807) is 0 Å². The molecule has 2 aromatic carbocycles. The molecule has 0 aromatic heterocycles. The molecule has 0 atom stereocenters. The highest BCUT2D eigenvalue weighted by atomic mass is 79.9. The highest BCUT2D eigenvalue weighted by molar-refractivity contribution is 9.10. The summed E-state index contributed by atoms with van der Waals surface area (Å²) in [5.41, 5.74) is 4.17. The number of anilines is 1. The first kappa shape index (κ1) is 13.7. The fourth-order valence-electron chi connectivity index (χ4n) is 2.70. The molecule has 3 heteroatoms. The van der Waals surface area contributed by atoms with Gasteiger partial charge in [0.2, 0.25) is 0 Å². The number of fused-ring (bicyclic) bond motifs is 1. The van der Waals surface area contributed by atoms with Gasteiger partial charge < -0.3 is 5.32 Å². The van der Waals surface area contributed by atoms with Crippen LogP contribution in [0.3, 0.4) is 0 Å². The average Bonchev–Trinajstić information content (AvgIpc) is 2.49. The number of rotatable bonds is 4. The van der Waals surface area contributed by atoms with E-state index in [0.717, 1.165) is 30.7 Å². The monoisotopic (exact) mass is 330 g/mol. The fraction of sp³-hybridized carbons (Fsp3) is 0.294. The first-order valence-electron chi connectivity index (χ1n) is 7.10. The number of hydrogen-bond donors (Lipinski definition) is 1. The average molecular weight is 331 g/mol. The van der Waals surface area contributed by atoms with Gasteiger partial charge in [0.1, 0.15) is 0 Å². The van der Waals surface area contributed by atoms with E-state index in [-0.39, 0.29) is 0 Å². The van der Waals surface area contributed by atoms with Gasteiger partial charge in [0.25, 0.3) is 0 Å². The summed E-state index contributed by atoms with van der Waals surface area (Å²) in [6.07, 6.45) is 1.17. The molecule has 0 radical (unpaired) electrons. The van der Waals surface area contributed by atoms with Gasteiger partial charge >= 0.3 is 0 Å². The summed E-state index contributed by atoms with van der Waals surface area (Å²) in [6.45, 7) is 4.29. The van der Waals surface area contributed by atoms with Crippen molar-refractivity contribution >= 4 is 21.6 Å². The quantitative estimate of drug-likeness (QED) is 0.914. The summed E-state index contributed by atoms with van der Waals surface area (Å²) in [5.74, 6) is 0. The zero-order valence-electron chi connectivity index (χ0n) is 11.5. The van der Waals surface area contributed by atoms with Crippen LogP contribution >= 0.6 is 15.9 Å². The maximum Gasteiger partial charge on any atom is 0.0485 e. The Hall–Kier alpha value is -1.32. The lowest BCUT2D eigenvalue weighted by Gasteiger charge is -2.28. The molecule has 1 N–H and O–H groups in total. The molecule has 1 aliphatic heterocycles. The van der Waals surface area contributed by atoms with E-state index in [4.69, 9.17) is 0 Å². The lowest BCUT2D eigenvalue weighted by molar-refractivity contribution is 0.264. The second-order valence-electron chi connectivity index (χ2n) is 5.20. The molecule has 0 amide bonds. The Kier molecular flexibility index (Phi) is 4.38. The molecule has 2 aromatic rings. The summed E-state index contributed by atoms with van der Waals surface area (Å²) in [6, 6.07) is 17.1. The van der Waals surface area contributed by atoms with Crippen LogP contribution < -0.4 is 5.32 Å². The Morgan fingerprint density at radius 3 is 2.60 bits per heavy atom. The molecule has 2 nitrogen and oxygen atoms in total. The van der Waals surface area contributed by atoms with E-state index in [1.165, 1.54) is 23.2 Å². The molecule has 3 rings (SSSR count). The zero-order chi connectivity index (χ0) is 13.8. The van der Waals surface area contributed by atoms with E-state index in [2.05, 4.69) is 68.6 Å². The Morgan fingerprint density at radius 2 is 1.75 bits per heavy atom. The largest absolute Gasteiger partial charge is 0.383 e. The standard InChI is InChI=1S/C17H19BrN2/c18-16-7-3-4-8-17(16)19-10-12-20-11-9-14-5-1-2-6-15(14)13-20/h1-8,19H,9-13H2. The third-order valence-corrected chi connectivity index (χ3v) is 4.52. The van der Waals surface area contributed by atoms with Crippen LogP contribution in [0.15, 0.2) is 53.0 Å². The Balaban J connectivity index is 1.52. The second-order valence-corrected chi connectivity index (χ2v) is 6.06. The van der Waals surface area contributed by atoms with Crippen molar-refractivity contribution in [3.63, 3.8) is 0 Å². The minimum atomic E-state index is 0.977. The molecule has 0 fully saturated rings. The van der Waals surface area contributed by atoms with Crippen LogP contribution in [0.25, 0.3) is 0 Å². The fourth-order valence-corrected chi connectivity index (χ4v) is 3.12. The van der Waals surface area contributed by atoms with Crippen LogP contribution in [0.2, 0.25) is 0 Å². The summed E-state index contributed by atoms with van der Waals surface area (Å²) in [7, 11) is 0. The van der Waals surface area contributed by atoms with Crippen molar-refractivity contribution in [1.82, 2.24) is 4.90 Å². The number of nitrogens with one attached hydrogen (secondary N) is 1.